The zero-order chi connectivity index (χ0) is 30.9. The van der Waals surface area contributed by atoms with Crippen LogP contribution in [-0.2, 0) is 20.9 Å². The molecule has 1 atom stereocenters. The second-order valence-corrected chi connectivity index (χ2v) is 9.27. The molecule has 0 fully saturated rings. The third kappa shape index (κ3) is 7.66. The second-order valence-electron chi connectivity index (χ2n) is 9.27. The molecule has 0 aliphatic carbocycles. The van der Waals surface area contributed by atoms with Gasteiger partial charge in [0.2, 0.25) is 12.4 Å². The van der Waals surface area contributed by atoms with E-state index in [9.17, 15) is 24.3 Å². The summed E-state index contributed by atoms with van der Waals surface area (Å²) in [6.45, 7) is 0.296. The number of nitrogens with one attached hydrogen (secondary N) is 2. The van der Waals surface area contributed by atoms with Crippen molar-refractivity contribution in [3.05, 3.63) is 71.5 Å². The minimum Gasteiger partial charge on any atom is -0.508 e. The fraction of sp³-hybridized carbons (Fsp3) is 0.214. The van der Waals surface area contributed by atoms with E-state index in [4.69, 9.17) is 16.2 Å². The van der Waals surface area contributed by atoms with E-state index in [2.05, 4.69) is 30.6 Å². The molecule has 2 heterocycles. The number of aromatic nitrogens is 4. The van der Waals surface area contributed by atoms with Gasteiger partial charge in [0.05, 0.1) is 25.5 Å². The number of anilines is 3. The Bertz CT molecular complexity index is 1630. The number of nitrogen functional groups attached to an aromatic ring is 2. The largest absolute Gasteiger partial charge is 0.508 e. The lowest BCUT2D eigenvalue weighted by Gasteiger charge is -2.19. The molecule has 7 N–H and O–H groups in total. The number of phenolic OH excluding ortho intramolecular Hbond substituents is 1. The zero-order valence-corrected chi connectivity index (χ0v) is 23.1. The number of ether oxygens (including phenoxy) is 1. The lowest BCUT2D eigenvalue weighted by molar-refractivity contribution is -0.143. The summed E-state index contributed by atoms with van der Waals surface area (Å²) in [6.07, 6.45) is 2.63. The monoisotopic (exact) mass is 587 g/mol. The van der Waals surface area contributed by atoms with Crippen molar-refractivity contribution >= 4 is 52.8 Å². The van der Waals surface area contributed by atoms with E-state index in [1.807, 2.05) is 0 Å². The number of hydrogen-bond acceptors (Lipinski definition) is 12. The maximum Gasteiger partial charge on any atom is 0.328 e. The van der Waals surface area contributed by atoms with Gasteiger partial charge in [-0.1, -0.05) is 0 Å². The summed E-state index contributed by atoms with van der Waals surface area (Å²) < 4.78 is 4.83. The van der Waals surface area contributed by atoms with Crippen molar-refractivity contribution in [3.8, 4) is 5.75 Å². The van der Waals surface area contributed by atoms with Gasteiger partial charge in [-0.3, -0.25) is 14.4 Å². The van der Waals surface area contributed by atoms with Gasteiger partial charge < -0.3 is 36.8 Å². The first kappa shape index (κ1) is 30.1. The molecule has 15 heteroatoms. The molecule has 3 amide bonds. The van der Waals surface area contributed by atoms with Crippen molar-refractivity contribution in [3.63, 3.8) is 0 Å². The molecule has 0 aliphatic heterocycles. The SMILES string of the molecule is COC(=O)C(CCCNC(=O)c1ccc(O)cc1)NC(=O)c1ccc(N(C=O)Cc2cnc3nc(N)nc(N)c3n2)cc1. The molecule has 1 unspecified atom stereocenters. The number of rotatable bonds is 12. The second kappa shape index (κ2) is 13.7. The number of nitrogens with zero attached hydrogens (tertiary/aromatic N) is 5. The van der Waals surface area contributed by atoms with Gasteiger partial charge in [-0.15, -0.1) is 0 Å². The standard InChI is InChI=1S/C28H29N9O6/c1-43-27(42)21(3-2-12-31-25(40)16-6-10-20(39)11-7-16)34-26(41)17-4-8-19(9-5-17)37(15-38)14-18-13-32-24-22(33-18)23(29)35-28(30)36-24/h4-11,13,15,21,39H,2-3,12,14H2,1H3,(H,31,40)(H,34,41)(H4,29,30,32,35,36). The van der Waals surface area contributed by atoms with Crippen molar-refractivity contribution in [2.45, 2.75) is 25.4 Å². The number of phenols is 1. The molecule has 0 aliphatic rings. The molecule has 43 heavy (non-hydrogen) atoms. The predicted octanol–water partition coefficient (Wildman–Crippen LogP) is 0.934. The van der Waals surface area contributed by atoms with E-state index in [1.165, 1.54) is 54.6 Å². The summed E-state index contributed by atoms with van der Waals surface area (Å²) in [7, 11) is 1.22. The first-order valence-corrected chi connectivity index (χ1v) is 13.0. The van der Waals surface area contributed by atoms with E-state index in [1.54, 1.807) is 12.1 Å². The highest BCUT2D eigenvalue weighted by molar-refractivity contribution is 5.97. The number of carbonyl (C=O) groups excluding carboxylic acids is 4. The molecule has 222 valence electrons. The number of benzene rings is 2. The van der Waals surface area contributed by atoms with E-state index < -0.39 is 17.9 Å². The summed E-state index contributed by atoms with van der Waals surface area (Å²) in [5, 5.41) is 14.7. The van der Waals surface area contributed by atoms with Gasteiger partial charge in [0.25, 0.3) is 11.8 Å². The first-order chi connectivity index (χ1) is 20.7. The summed E-state index contributed by atoms with van der Waals surface area (Å²) >= 11 is 0. The van der Waals surface area contributed by atoms with Crippen molar-refractivity contribution in [1.82, 2.24) is 30.6 Å². The minimum absolute atomic E-state index is 0.0286. The van der Waals surface area contributed by atoms with Gasteiger partial charge >= 0.3 is 5.97 Å². The quantitative estimate of drug-likeness (QED) is 0.0886. The maximum absolute atomic E-state index is 12.9. The Morgan fingerprint density at radius 1 is 1.00 bits per heavy atom. The van der Waals surface area contributed by atoms with E-state index in [-0.39, 0.29) is 59.7 Å². The molecule has 4 rings (SSSR count). The Morgan fingerprint density at radius 2 is 1.67 bits per heavy atom. The molecular weight excluding hydrogens is 558 g/mol. The fourth-order valence-corrected chi connectivity index (χ4v) is 4.08. The van der Waals surface area contributed by atoms with Crippen LogP contribution in [0.3, 0.4) is 0 Å². The van der Waals surface area contributed by atoms with Crippen LogP contribution in [0.4, 0.5) is 17.5 Å². The lowest BCUT2D eigenvalue weighted by Crippen LogP contribution is -2.42. The number of nitrogens with two attached hydrogens (primary N) is 2. The van der Waals surface area contributed by atoms with Gasteiger partial charge in [0, 0.05) is 23.4 Å². The number of fused-ring (bicyclic) bond motifs is 1. The van der Waals surface area contributed by atoms with Crippen LogP contribution < -0.4 is 27.0 Å². The average molecular weight is 588 g/mol. The highest BCUT2D eigenvalue weighted by Crippen LogP contribution is 2.19. The normalized spacial score (nSPS) is 11.4. The molecule has 0 saturated heterocycles. The topological polar surface area (TPSA) is 229 Å². The van der Waals surface area contributed by atoms with Gasteiger partial charge in [-0.25, -0.2) is 14.8 Å². The van der Waals surface area contributed by atoms with Crippen LogP contribution in [0.15, 0.2) is 54.7 Å². The number of methoxy groups -OCH3 is 1. The first-order valence-electron chi connectivity index (χ1n) is 13.0. The molecule has 0 spiro atoms. The summed E-state index contributed by atoms with van der Waals surface area (Å²) in [4.78, 5) is 67.1. The number of esters is 1. The molecular formula is C28H29N9O6. The van der Waals surface area contributed by atoms with Crippen LogP contribution in [0.25, 0.3) is 11.2 Å². The molecule has 0 saturated carbocycles. The van der Waals surface area contributed by atoms with Crippen molar-refractivity contribution in [1.29, 1.82) is 0 Å². The number of hydrogen-bond donors (Lipinski definition) is 5. The average Bonchev–Trinajstić information content (AvgIpc) is 3.01. The third-order valence-electron chi connectivity index (χ3n) is 6.30. The van der Waals surface area contributed by atoms with Gasteiger partial charge in [-0.2, -0.15) is 9.97 Å². The molecule has 2 aromatic carbocycles. The number of carbonyl (C=O) groups is 4. The van der Waals surface area contributed by atoms with Crippen LogP contribution in [0.2, 0.25) is 0 Å². The highest BCUT2D eigenvalue weighted by atomic mass is 16.5. The highest BCUT2D eigenvalue weighted by Gasteiger charge is 2.22. The number of aromatic hydroxyl groups is 1. The van der Waals surface area contributed by atoms with Crippen LogP contribution >= 0.6 is 0 Å². The Morgan fingerprint density at radius 3 is 2.35 bits per heavy atom. The van der Waals surface area contributed by atoms with Crippen LogP contribution in [0.1, 0.15) is 39.3 Å². The molecule has 2 aromatic heterocycles. The van der Waals surface area contributed by atoms with Crippen molar-refractivity contribution < 1.29 is 29.0 Å². The van der Waals surface area contributed by atoms with Crippen molar-refractivity contribution in [2.75, 3.05) is 30.0 Å². The maximum atomic E-state index is 12.9. The summed E-state index contributed by atoms with van der Waals surface area (Å²) in [5.74, 6) is -1.41. The Labute approximate surface area is 245 Å². The smallest absolute Gasteiger partial charge is 0.328 e. The van der Waals surface area contributed by atoms with Crippen LogP contribution in [0, 0.1) is 0 Å². The number of amides is 3. The van der Waals surface area contributed by atoms with Crippen LogP contribution in [-0.4, -0.2) is 68.9 Å². The molecule has 0 radical (unpaired) electrons. The lowest BCUT2D eigenvalue weighted by atomic mass is 10.1. The van der Waals surface area contributed by atoms with Gasteiger partial charge in [0.1, 0.15) is 11.8 Å². The van der Waals surface area contributed by atoms with E-state index in [0.29, 0.717) is 29.8 Å². The van der Waals surface area contributed by atoms with E-state index in [0.717, 1.165) is 0 Å². The van der Waals surface area contributed by atoms with Crippen LogP contribution in [0.5, 0.6) is 5.75 Å². The van der Waals surface area contributed by atoms with Crippen molar-refractivity contribution in [2.24, 2.45) is 0 Å². The Balaban J connectivity index is 1.34. The van der Waals surface area contributed by atoms with Gasteiger partial charge in [-0.05, 0) is 61.4 Å². The minimum atomic E-state index is -0.951. The Kier molecular flexibility index (Phi) is 9.57. The summed E-state index contributed by atoms with van der Waals surface area (Å²) in [5.41, 5.74) is 13.5. The molecule has 4 aromatic rings. The molecule has 0 bridgehead atoms. The molecule has 15 nitrogen and oxygen atoms in total. The summed E-state index contributed by atoms with van der Waals surface area (Å²) in [6, 6.07) is 11.0. The van der Waals surface area contributed by atoms with Gasteiger partial charge in [0.15, 0.2) is 17.0 Å². The Hall–Kier alpha value is -5.86. The third-order valence-corrected chi connectivity index (χ3v) is 6.30. The van der Waals surface area contributed by atoms with E-state index >= 15 is 0 Å². The fourth-order valence-electron chi connectivity index (χ4n) is 4.08. The predicted molar refractivity (Wildman–Crippen MR) is 156 cm³/mol. The zero-order valence-electron chi connectivity index (χ0n) is 23.1.